The van der Waals surface area contributed by atoms with Crippen LogP contribution < -0.4 is 5.73 Å². The van der Waals surface area contributed by atoms with E-state index in [9.17, 15) is 8.78 Å². The molecular formula is C11H12F2N3O-. The van der Waals surface area contributed by atoms with Gasteiger partial charge in [-0.3, -0.25) is 4.99 Å². The van der Waals surface area contributed by atoms with Crippen LogP contribution in [-0.2, 0) is 10.3 Å². The minimum atomic E-state index is -2.73. The number of alkyl halides is 2. The molecule has 1 aliphatic heterocycles. The van der Waals surface area contributed by atoms with E-state index in [0.29, 0.717) is 0 Å². The van der Waals surface area contributed by atoms with E-state index in [4.69, 9.17) is 16.2 Å². The van der Waals surface area contributed by atoms with Crippen molar-refractivity contribution in [2.24, 2.45) is 10.7 Å². The van der Waals surface area contributed by atoms with Gasteiger partial charge in [-0.15, -0.1) is 5.69 Å². The highest BCUT2D eigenvalue weighted by molar-refractivity contribution is 5.82. The molecule has 0 aliphatic carbocycles. The molecule has 1 aromatic carbocycles. The molecule has 0 amide bonds. The predicted molar refractivity (Wildman–Crippen MR) is 60.5 cm³/mol. The third-order valence-electron chi connectivity index (χ3n) is 2.64. The summed E-state index contributed by atoms with van der Waals surface area (Å²) in [6, 6.07) is 5.93. The molecule has 1 aliphatic rings. The summed E-state index contributed by atoms with van der Waals surface area (Å²) in [5.74, 6) is 0.0481. The Hall–Kier alpha value is -1.69. The quantitative estimate of drug-likeness (QED) is 0.860. The Morgan fingerprint density at radius 3 is 2.82 bits per heavy atom. The first-order chi connectivity index (χ1) is 8.04. The molecule has 1 unspecified atom stereocenters. The monoisotopic (exact) mass is 240 g/mol. The second kappa shape index (κ2) is 4.29. The highest BCUT2D eigenvalue weighted by Gasteiger charge is 2.44. The number of rotatable bonds is 2. The maximum atomic E-state index is 13.3. The smallest absolute Gasteiger partial charge is 0.269 e. The van der Waals surface area contributed by atoms with E-state index in [-0.39, 0.29) is 30.3 Å². The Morgan fingerprint density at radius 1 is 1.47 bits per heavy atom. The zero-order valence-electron chi connectivity index (χ0n) is 8.99. The lowest BCUT2D eigenvalue weighted by atomic mass is 9.90. The molecule has 3 N–H and O–H groups in total. The summed E-state index contributed by atoms with van der Waals surface area (Å²) in [5, 5.41) is 0. The summed E-state index contributed by atoms with van der Waals surface area (Å²) < 4.78 is 31.6. The van der Waals surface area contributed by atoms with Crippen LogP contribution in [-0.4, -0.2) is 25.5 Å². The van der Waals surface area contributed by atoms with Gasteiger partial charge < -0.3 is 16.2 Å². The van der Waals surface area contributed by atoms with Gasteiger partial charge in [0, 0.05) is 0 Å². The van der Waals surface area contributed by atoms with E-state index in [1.807, 2.05) is 0 Å². The van der Waals surface area contributed by atoms with Gasteiger partial charge in [0.1, 0.15) is 12.4 Å². The number of hydrogen-bond acceptors (Lipinski definition) is 3. The van der Waals surface area contributed by atoms with E-state index in [1.54, 1.807) is 6.07 Å². The molecule has 1 heterocycles. The van der Waals surface area contributed by atoms with Crippen LogP contribution >= 0.6 is 0 Å². The van der Waals surface area contributed by atoms with Crippen molar-refractivity contribution in [2.75, 3.05) is 13.2 Å². The average molecular weight is 240 g/mol. The van der Waals surface area contributed by atoms with Crippen LogP contribution in [0.3, 0.4) is 0 Å². The topological polar surface area (TPSA) is 71.4 Å². The van der Waals surface area contributed by atoms with Crippen molar-refractivity contribution in [1.29, 1.82) is 0 Å². The van der Waals surface area contributed by atoms with Gasteiger partial charge in [0.15, 0.2) is 5.54 Å². The van der Waals surface area contributed by atoms with Crippen LogP contribution in [0.25, 0.3) is 5.73 Å². The van der Waals surface area contributed by atoms with Crippen molar-refractivity contribution in [3.05, 3.63) is 35.6 Å². The molecule has 17 heavy (non-hydrogen) atoms. The van der Waals surface area contributed by atoms with Gasteiger partial charge in [-0.1, -0.05) is 24.3 Å². The number of aliphatic imine (C=N–C) groups is 1. The van der Waals surface area contributed by atoms with Gasteiger partial charge in [-0.25, -0.2) is 8.78 Å². The Labute approximate surface area is 97.3 Å². The van der Waals surface area contributed by atoms with Gasteiger partial charge in [0.05, 0.1) is 6.61 Å². The van der Waals surface area contributed by atoms with Crippen LogP contribution in [0.4, 0.5) is 14.5 Å². The Morgan fingerprint density at radius 2 is 2.24 bits per heavy atom. The standard InChI is InChI=1S/C11H12F2N3O/c12-10(13)11(6-17-5-9(15)16-11)7-2-1-3-8(14)4-7/h1-4,10,14H,5-6H2,(H2,15,16)/q-1. The minimum Gasteiger partial charge on any atom is -0.699 e. The van der Waals surface area contributed by atoms with Crippen molar-refractivity contribution < 1.29 is 13.5 Å². The van der Waals surface area contributed by atoms with E-state index < -0.39 is 12.0 Å². The molecule has 0 aromatic heterocycles. The first-order valence-electron chi connectivity index (χ1n) is 5.07. The van der Waals surface area contributed by atoms with E-state index in [2.05, 4.69) is 4.99 Å². The first kappa shape index (κ1) is 11.8. The van der Waals surface area contributed by atoms with Crippen molar-refractivity contribution in [1.82, 2.24) is 0 Å². The number of ether oxygens (including phenoxy) is 1. The normalized spacial score (nSPS) is 24.8. The molecule has 6 heteroatoms. The fraction of sp³-hybridized carbons (Fsp3) is 0.364. The SMILES string of the molecule is [NH-]c1cccc(C2(C(F)F)COCC(N)=N2)c1. The number of nitrogens with zero attached hydrogens (tertiary/aromatic N) is 1. The van der Waals surface area contributed by atoms with Gasteiger partial charge in [0.2, 0.25) is 0 Å². The highest BCUT2D eigenvalue weighted by atomic mass is 19.3. The van der Waals surface area contributed by atoms with Crippen LogP contribution in [0.1, 0.15) is 5.56 Å². The summed E-state index contributed by atoms with van der Waals surface area (Å²) in [6.07, 6.45) is -2.73. The van der Waals surface area contributed by atoms with E-state index in [0.717, 1.165) is 0 Å². The third-order valence-corrected chi connectivity index (χ3v) is 2.64. The van der Waals surface area contributed by atoms with E-state index >= 15 is 0 Å². The fourth-order valence-electron chi connectivity index (χ4n) is 1.81. The molecule has 0 radical (unpaired) electrons. The number of halogens is 2. The van der Waals surface area contributed by atoms with Gasteiger partial charge in [-0.2, -0.15) is 0 Å². The first-order valence-corrected chi connectivity index (χ1v) is 5.07. The molecule has 1 aromatic rings. The number of nitrogens with two attached hydrogens (primary N) is 1. The maximum absolute atomic E-state index is 13.3. The molecule has 0 saturated carbocycles. The summed E-state index contributed by atoms with van der Waals surface area (Å²) in [6.45, 7) is -0.163. The molecule has 0 saturated heterocycles. The zero-order chi connectivity index (χ0) is 12.5. The lowest BCUT2D eigenvalue weighted by Crippen LogP contribution is -2.44. The predicted octanol–water partition coefficient (Wildman–Crippen LogP) is 2.22. The van der Waals surface area contributed by atoms with Crippen molar-refractivity contribution >= 4 is 11.5 Å². The molecule has 0 bridgehead atoms. The van der Waals surface area contributed by atoms with Crippen molar-refractivity contribution in [3.63, 3.8) is 0 Å². The second-order valence-corrected chi connectivity index (χ2v) is 3.90. The van der Waals surface area contributed by atoms with Crippen LogP contribution in [0.15, 0.2) is 29.3 Å². The lowest BCUT2D eigenvalue weighted by molar-refractivity contribution is -0.0128. The zero-order valence-corrected chi connectivity index (χ0v) is 8.99. The van der Waals surface area contributed by atoms with Crippen LogP contribution in [0.5, 0.6) is 0 Å². The average Bonchev–Trinajstić information content (AvgIpc) is 2.28. The number of hydrogen-bond donors (Lipinski definition) is 1. The molecular weight excluding hydrogens is 228 g/mol. The highest BCUT2D eigenvalue weighted by Crippen LogP contribution is 2.36. The Bertz CT molecular complexity index is 450. The summed E-state index contributed by atoms with van der Waals surface area (Å²) in [5.41, 5.74) is 11.6. The lowest BCUT2D eigenvalue weighted by Gasteiger charge is -2.33. The maximum Gasteiger partial charge on any atom is 0.269 e. The fourth-order valence-corrected chi connectivity index (χ4v) is 1.81. The van der Waals surface area contributed by atoms with Gasteiger partial charge in [-0.05, 0) is 5.56 Å². The van der Waals surface area contributed by atoms with Crippen molar-refractivity contribution in [2.45, 2.75) is 12.0 Å². The molecule has 2 rings (SSSR count). The molecule has 1 atom stereocenters. The number of benzene rings is 1. The van der Waals surface area contributed by atoms with E-state index in [1.165, 1.54) is 18.2 Å². The van der Waals surface area contributed by atoms with Crippen molar-refractivity contribution in [3.8, 4) is 0 Å². The third kappa shape index (κ3) is 2.08. The number of nitrogens with one attached hydrogen (secondary N) is 1. The molecule has 0 spiro atoms. The molecule has 0 fully saturated rings. The van der Waals surface area contributed by atoms with Gasteiger partial charge >= 0.3 is 0 Å². The second-order valence-electron chi connectivity index (χ2n) is 3.90. The Kier molecular flexibility index (Phi) is 2.97. The van der Waals surface area contributed by atoms with Crippen LogP contribution in [0.2, 0.25) is 0 Å². The summed E-state index contributed by atoms with van der Waals surface area (Å²) in [4.78, 5) is 3.86. The molecule has 4 nitrogen and oxygen atoms in total. The minimum absolute atomic E-state index is 0.0481. The van der Waals surface area contributed by atoms with Gasteiger partial charge in [0.25, 0.3) is 6.43 Å². The molecule has 92 valence electrons. The largest absolute Gasteiger partial charge is 0.699 e. The summed E-state index contributed by atoms with van der Waals surface area (Å²) >= 11 is 0. The number of amidine groups is 1. The van der Waals surface area contributed by atoms with Crippen LogP contribution in [0, 0.1) is 0 Å². The summed E-state index contributed by atoms with van der Waals surface area (Å²) in [7, 11) is 0. The Balaban J connectivity index is 2.52.